The number of carbonyl (C=O) groups is 1. The lowest BCUT2D eigenvalue weighted by molar-refractivity contribution is -0.153. The lowest BCUT2D eigenvalue weighted by Gasteiger charge is -2.19. The van der Waals surface area contributed by atoms with Crippen LogP contribution in [0.4, 0.5) is 4.39 Å². The molecule has 1 N–H and O–H groups in total. The Bertz CT molecular complexity index is 382. The van der Waals surface area contributed by atoms with Gasteiger partial charge in [0.2, 0.25) is 0 Å². The summed E-state index contributed by atoms with van der Waals surface area (Å²) in [6.07, 6.45) is 0.753. The zero-order chi connectivity index (χ0) is 13.6. The first-order valence-corrected chi connectivity index (χ1v) is 6.04. The van der Waals surface area contributed by atoms with Gasteiger partial charge in [-0.3, -0.25) is 4.79 Å². The van der Waals surface area contributed by atoms with E-state index in [0.29, 0.717) is 6.54 Å². The Hall–Kier alpha value is -1.42. The van der Waals surface area contributed by atoms with Gasteiger partial charge in [-0.05, 0) is 51.4 Å². The Labute approximate surface area is 107 Å². The van der Waals surface area contributed by atoms with Crippen molar-refractivity contribution in [3.8, 4) is 0 Å². The van der Waals surface area contributed by atoms with E-state index in [9.17, 15) is 9.18 Å². The highest BCUT2D eigenvalue weighted by Crippen LogP contribution is 2.06. The van der Waals surface area contributed by atoms with Crippen LogP contribution in [0.15, 0.2) is 24.3 Å². The number of benzene rings is 1. The van der Waals surface area contributed by atoms with Crippen LogP contribution in [0, 0.1) is 5.82 Å². The molecule has 1 aromatic rings. The van der Waals surface area contributed by atoms with Crippen LogP contribution in [-0.4, -0.2) is 24.7 Å². The molecule has 0 spiro atoms. The minimum Gasteiger partial charge on any atom is -0.459 e. The van der Waals surface area contributed by atoms with Crippen LogP contribution in [0.3, 0.4) is 0 Å². The fourth-order valence-corrected chi connectivity index (χ4v) is 1.45. The summed E-state index contributed by atoms with van der Waals surface area (Å²) in [5.74, 6) is -0.498. The molecule has 0 radical (unpaired) electrons. The van der Waals surface area contributed by atoms with Gasteiger partial charge in [0.05, 0.1) is 6.54 Å². The average molecular weight is 253 g/mol. The van der Waals surface area contributed by atoms with Crippen LogP contribution in [0.2, 0.25) is 0 Å². The van der Waals surface area contributed by atoms with Crippen molar-refractivity contribution < 1.29 is 13.9 Å². The molecule has 100 valence electrons. The minimum atomic E-state index is -0.449. The number of halogens is 1. The van der Waals surface area contributed by atoms with Crippen LogP contribution >= 0.6 is 0 Å². The van der Waals surface area contributed by atoms with Crippen molar-refractivity contribution in [3.05, 3.63) is 35.6 Å². The lowest BCUT2D eigenvalue weighted by atomic mass is 10.1. The van der Waals surface area contributed by atoms with E-state index in [1.54, 1.807) is 12.1 Å². The smallest absolute Gasteiger partial charge is 0.320 e. The van der Waals surface area contributed by atoms with Crippen LogP contribution in [-0.2, 0) is 16.0 Å². The highest BCUT2D eigenvalue weighted by Gasteiger charge is 2.15. The highest BCUT2D eigenvalue weighted by atomic mass is 19.1. The third-order valence-corrected chi connectivity index (χ3v) is 2.19. The van der Waals surface area contributed by atoms with Crippen molar-refractivity contribution in [1.29, 1.82) is 0 Å². The van der Waals surface area contributed by atoms with Gasteiger partial charge in [-0.25, -0.2) is 4.39 Å². The summed E-state index contributed by atoms with van der Waals surface area (Å²) in [6.45, 7) is 6.36. The number of hydrogen-bond donors (Lipinski definition) is 1. The molecule has 0 heterocycles. The second-order valence-corrected chi connectivity index (χ2v) is 5.14. The van der Waals surface area contributed by atoms with Gasteiger partial charge in [-0.2, -0.15) is 0 Å². The molecular weight excluding hydrogens is 233 g/mol. The van der Waals surface area contributed by atoms with E-state index in [0.717, 1.165) is 12.0 Å². The maximum atomic E-state index is 12.7. The Morgan fingerprint density at radius 1 is 1.28 bits per heavy atom. The Morgan fingerprint density at radius 3 is 2.44 bits per heavy atom. The van der Waals surface area contributed by atoms with Gasteiger partial charge in [-0.15, -0.1) is 0 Å². The molecule has 0 bridgehead atoms. The van der Waals surface area contributed by atoms with Crippen LogP contribution in [0.5, 0.6) is 0 Å². The Morgan fingerprint density at radius 2 is 1.89 bits per heavy atom. The molecule has 0 aliphatic rings. The van der Waals surface area contributed by atoms with Crippen LogP contribution in [0.25, 0.3) is 0 Å². The maximum absolute atomic E-state index is 12.7. The van der Waals surface area contributed by atoms with E-state index in [1.807, 2.05) is 20.8 Å². The molecular formula is C14H20FNO2. The summed E-state index contributed by atoms with van der Waals surface area (Å²) in [5, 5.41) is 3.00. The minimum absolute atomic E-state index is 0.193. The molecule has 0 aliphatic carbocycles. The lowest BCUT2D eigenvalue weighted by Crippen LogP contribution is -2.32. The normalized spacial score (nSPS) is 11.3. The molecule has 0 fully saturated rings. The molecule has 0 saturated carbocycles. The zero-order valence-electron chi connectivity index (χ0n) is 11.1. The number of rotatable bonds is 5. The van der Waals surface area contributed by atoms with Crippen LogP contribution in [0.1, 0.15) is 26.3 Å². The van der Waals surface area contributed by atoms with E-state index >= 15 is 0 Å². The predicted molar refractivity (Wildman–Crippen MR) is 68.8 cm³/mol. The molecule has 0 unspecified atom stereocenters. The van der Waals surface area contributed by atoms with Crippen molar-refractivity contribution in [2.45, 2.75) is 32.8 Å². The van der Waals surface area contributed by atoms with Gasteiger partial charge < -0.3 is 10.1 Å². The predicted octanol–water partition coefficient (Wildman–Crippen LogP) is 2.30. The van der Waals surface area contributed by atoms with E-state index in [4.69, 9.17) is 4.74 Å². The standard InChI is InChI=1S/C14H20FNO2/c1-14(2,3)18-13(17)10-16-9-8-11-4-6-12(15)7-5-11/h4-7,16H,8-10H2,1-3H3. The summed E-state index contributed by atoms with van der Waals surface area (Å²) in [6, 6.07) is 6.35. The number of ether oxygens (including phenoxy) is 1. The van der Waals surface area contributed by atoms with E-state index in [1.165, 1.54) is 12.1 Å². The summed E-state index contributed by atoms with van der Waals surface area (Å²) in [4.78, 5) is 11.4. The number of nitrogens with one attached hydrogen (secondary N) is 1. The van der Waals surface area contributed by atoms with Crippen molar-refractivity contribution in [2.24, 2.45) is 0 Å². The third kappa shape index (κ3) is 6.35. The monoisotopic (exact) mass is 253 g/mol. The average Bonchev–Trinajstić information content (AvgIpc) is 2.24. The number of hydrogen-bond acceptors (Lipinski definition) is 3. The largest absolute Gasteiger partial charge is 0.459 e. The first kappa shape index (κ1) is 14.6. The molecule has 1 aromatic carbocycles. The van der Waals surface area contributed by atoms with Crippen molar-refractivity contribution in [3.63, 3.8) is 0 Å². The number of esters is 1. The van der Waals surface area contributed by atoms with Crippen molar-refractivity contribution >= 4 is 5.97 Å². The summed E-state index contributed by atoms with van der Waals surface area (Å²) < 4.78 is 17.8. The topological polar surface area (TPSA) is 38.3 Å². The fraction of sp³-hybridized carbons (Fsp3) is 0.500. The first-order valence-electron chi connectivity index (χ1n) is 6.04. The van der Waals surface area contributed by atoms with Gasteiger partial charge in [0.25, 0.3) is 0 Å². The second-order valence-electron chi connectivity index (χ2n) is 5.14. The highest BCUT2D eigenvalue weighted by molar-refractivity contribution is 5.72. The zero-order valence-corrected chi connectivity index (χ0v) is 11.1. The summed E-state index contributed by atoms with van der Waals surface area (Å²) in [5.41, 5.74) is 0.587. The quantitative estimate of drug-likeness (QED) is 0.646. The molecule has 0 saturated heterocycles. The van der Waals surface area contributed by atoms with E-state index in [2.05, 4.69) is 5.32 Å². The Kier molecular flexibility index (Phi) is 5.28. The van der Waals surface area contributed by atoms with E-state index in [-0.39, 0.29) is 18.3 Å². The molecule has 0 aromatic heterocycles. The maximum Gasteiger partial charge on any atom is 0.320 e. The number of carbonyl (C=O) groups excluding carboxylic acids is 1. The van der Waals surface area contributed by atoms with Gasteiger partial charge >= 0.3 is 5.97 Å². The first-order chi connectivity index (χ1) is 8.37. The Balaban J connectivity index is 2.19. The molecule has 0 atom stereocenters. The fourth-order valence-electron chi connectivity index (χ4n) is 1.45. The molecule has 0 aliphatic heterocycles. The van der Waals surface area contributed by atoms with Gasteiger partial charge in [0.1, 0.15) is 11.4 Å². The summed E-state index contributed by atoms with van der Waals surface area (Å²) >= 11 is 0. The third-order valence-electron chi connectivity index (χ3n) is 2.19. The summed E-state index contributed by atoms with van der Waals surface area (Å²) in [7, 11) is 0. The van der Waals surface area contributed by atoms with Gasteiger partial charge in [-0.1, -0.05) is 12.1 Å². The SMILES string of the molecule is CC(C)(C)OC(=O)CNCCc1ccc(F)cc1. The van der Waals surface area contributed by atoms with Crippen molar-refractivity contribution in [2.75, 3.05) is 13.1 Å². The molecule has 18 heavy (non-hydrogen) atoms. The molecule has 3 nitrogen and oxygen atoms in total. The van der Waals surface area contributed by atoms with Crippen LogP contribution < -0.4 is 5.32 Å². The van der Waals surface area contributed by atoms with Crippen molar-refractivity contribution in [1.82, 2.24) is 5.32 Å². The molecule has 4 heteroatoms. The van der Waals surface area contributed by atoms with Gasteiger partial charge in [0.15, 0.2) is 0 Å². The van der Waals surface area contributed by atoms with E-state index < -0.39 is 5.60 Å². The second kappa shape index (κ2) is 6.50. The molecule has 1 rings (SSSR count). The molecule has 0 amide bonds. The van der Waals surface area contributed by atoms with Gasteiger partial charge in [0, 0.05) is 0 Å².